The minimum absolute atomic E-state index is 0.0849. The summed E-state index contributed by atoms with van der Waals surface area (Å²) in [5, 5.41) is 19.8. The van der Waals surface area contributed by atoms with Gasteiger partial charge in [-0.05, 0) is 92.3 Å². The molecule has 2 aliphatic rings. The van der Waals surface area contributed by atoms with Gasteiger partial charge in [0.1, 0.15) is 23.0 Å². The molecule has 0 saturated heterocycles. The number of para-hydroxylation sites is 6. The maximum absolute atomic E-state index is 11.2. The largest absolute Gasteiger partial charge is 0.458 e. The molecular formula is C64H39BN6O2Si. The van der Waals surface area contributed by atoms with E-state index in [-0.39, 0.29) is 6.71 Å². The number of benzene rings is 10. The normalized spacial score (nSPS) is 12.5. The molecular weight excluding hydrogens is 924 g/mol. The summed E-state index contributed by atoms with van der Waals surface area (Å²) in [6, 6.07) is 84.9. The summed E-state index contributed by atoms with van der Waals surface area (Å²) in [5.74, 6) is 4.48. The van der Waals surface area contributed by atoms with E-state index in [2.05, 4.69) is 234 Å². The van der Waals surface area contributed by atoms with Gasteiger partial charge in [-0.2, -0.15) is 20.2 Å². The van der Waals surface area contributed by atoms with Gasteiger partial charge in [-0.25, -0.2) is 0 Å². The third-order valence-electron chi connectivity index (χ3n) is 15.1. The minimum atomic E-state index is -3.47. The summed E-state index contributed by atoms with van der Waals surface area (Å²) in [7, 11) is -3.47. The van der Waals surface area contributed by atoms with E-state index in [4.69, 9.17) is 24.4 Å². The summed E-state index contributed by atoms with van der Waals surface area (Å²) < 4.78 is 18.3. The van der Waals surface area contributed by atoms with Crippen LogP contribution in [0.25, 0.3) is 66.9 Å². The molecule has 0 fully saturated rings. The number of hydrogen-bond donors (Lipinski definition) is 0. The standard InChI is InChI=1S/C64H39BN6O2Si/c66-40-41-35-42(62-67-63(70-53-29-13-7-23-47(53)48-24-8-14-30-54(48)70)69-64(68-62)71-55-31-15-9-25-49(55)50-26-10-16-32-56(50)71)37-45(36-41)74(43-19-3-1-4-20-43,44-21-5-2-6-22-44)46-38-59-61-60(39-46)73-58-34-18-12-28-52(58)65(61)51-27-11-17-33-57(51)72-59/h1-39H. The van der Waals surface area contributed by atoms with Crippen LogP contribution in [0.1, 0.15) is 5.56 Å². The Kier molecular flexibility index (Phi) is 9.27. The Morgan fingerprint density at radius 3 is 1.26 bits per heavy atom. The van der Waals surface area contributed by atoms with Crippen LogP contribution in [0.15, 0.2) is 237 Å². The first-order chi connectivity index (χ1) is 36.6. The molecule has 15 rings (SSSR count). The van der Waals surface area contributed by atoms with E-state index in [9.17, 15) is 5.26 Å². The van der Waals surface area contributed by atoms with Crippen LogP contribution in [0, 0.1) is 11.3 Å². The van der Waals surface area contributed by atoms with E-state index in [1.165, 1.54) is 0 Å². The Hall–Kier alpha value is -9.82. The van der Waals surface area contributed by atoms with Gasteiger partial charge in [0.05, 0.1) is 33.7 Å². The monoisotopic (exact) mass is 962 g/mol. The molecule has 10 aromatic carbocycles. The van der Waals surface area contributed by atoms with Crippen molar-refractivity contribution in [3.63, 3.8) is 0 Å². The zero-order valence-electron chi connectivity index (χ0n) is 39.6. The lowest BCUT2D eigenvalue weighted by Gasteiger charge is -2.38. The van der Waals surface area contributed by atoms with Crippen LogP contribution in [-0.2, 0) is 0 Å². The van der Waals surface area contributed by atoms with Crippen LogP contribution in [0.5, 0.6) is 23.0 Å². The predicted molar refractivity (Wildman–Crippen MR) is 300 cm³/mol. The van der Waals surface area contributed by atoms with Gasteiger partial charge in [-0.3, -0.25) is 9.13 Å². The number of hydrogen-bond acceptors (Lipinski definition) is 6. The lowest BCUT2D eigenvalue weighted by Crippen LogP contribution is -2.75. The summed E-state index contributed by atoms with van der Waals surface area (Å²) in [6.45, 7) is -0.0849. The number of ether oxygens (including phenoxy) is 2. The van der Waals surface area contributed by atoms with Gasteiger partial charge < -0.3 is 9.47 Å². The topological polar surface area (TPSA) is 90.8 Å². The first kappa shape index (κ1) is 41.9. The third kappa shape index (κ3) is 6.17. The average molecular weight is 963 g/mol. The quantitative estimate of drug-likeness (QED) is 0.117. The third-order valence-corrected chi connectivity index (χ3v) is 19.8. The van der Waals surface area contributed by atoms with E-state index in [1.807, 2.05) is 18.2 Å². The van der Waals surface area contributed by atoms with Crippen molar-refractivity contribution >= 4 is 95.5 Å². The summed E-state index contributed by atoms with van der Waals surface area (Å²) in [5.41, 5.74) is 8.25. The highest BCUT2D eigenvalue weighted by Gasteiger charge is 2.46. The summed E-state index contributed by atoms with van der Waals surface area (Å²) in [6.07, 6.45) is 0. The van der Waals surface area contributed by atoms with Gasteiger partial charge in [-0.15, -0.1) is 0 Å². The molecule has 10 heteroatoms. The number of aromatic nitrogens is 5. The van der Waals surface area contributed by atoms with Gasteiger partial charge in [0, 0.05) is 32.6 Å². The second-order valence-electron chi connectivity index (χ2n) is 19.0. The van der Waals surface area contributed by atoms with Crippen LogP contribution in [0.2, 0.25) is 0 Å². The molecule has 0 atom stereocenters. The average Bonchev–Trinajstić information content (AvgIpc) is 3.99. The van der Waals surface area contributed by atoms with E-state index >= 15 is 0 Å². The van der Waals surface area contributed by atoms with E-state index in [1.54, 1.807) is 0 Å². The van der Waals surface area contributed by atoms with Gasteiger partial charge in [0.15, 0.2) is 13.9 Å². The molecule has 0 saturated carbocycles. The van der Waals surface area contributed by atoms with Crippen molar-refractivity contribution in [2.75, 3.05) is 0 Å². The highest BCUT2D eigenvalue weighted by atomic mass is 28.3. The molecule has 0 spiro atoms. The smallest absolute Gasteiger partial charge is 0.260 e. The molecule has 0 unspecified atom stereocenters. The molecule has 8 nitrogen and oxygen atoms in total. The van der Waals surface area contributed by atoms with E-state index in [0.29, 0.717) is 28.8 Å². The zero-order chi connectivity index (χ0) is 48.9. The highest BCUT2D eigenvalue weighted by molar-refractivity contribution is 7.20. The first-order valence-corrected chi connectivity index (χ1v) is 26.8. The van der Waals surface area contributed by atoms with Crippen molar-refractivity contribution in [3.05, 3.63) is 242 Å². The van der Waals surface area contributed by atoms with Gasteiger partial charge in [0.2, 0.25) is 11.9 Å². The van der Waals surface area contributed by atoms with Crippen LogP contribution < -0.4 is 46.6 Å². The molecule has 13 aromatic rings. The Bertz CT molecular complexity index is 4140. The van der Waals surface area contributed by atoms with Crippen LogP contribution in [-0.4, -0.2) is 38.9 Å². The SMILES string of the molecule is N#Cc1cc(-c2nc(-n3c4ccccc4c4ccccc43)nc(-n3c4ccccc4c4ccccc43)n2)cc([Si](c2ccccc2)(c2ccccc2)c2cc3c4c(c2)Oc2ccccc2B4c2ccccc2O3)c1. The molecule has 344 valence electrons. The van der Waals surface area contributed by atoms with Crippen LogP contribution in [0.3, 0.4) is 0 Å². The van der Waals surface area contributed by atoms with Gasteiger partial charge >= 0.3 is 0 Å². The maximum atomic E-state index is 11.2. The van der Waals surface area contributed by atoms with Gasteiger partial charge in [-0.1, -0.05) is 176 Å². The van der Waals surface area contributed by atoms with Crippen LogP contribution >= 0.6 is 0 Å². The van der Waals surface area contributed by atoms with Crippen molar-refractivity contribution in [3.8, 4) is 52.4 Å². The Labute approximate surface area is 426 Å². The number of rotatable bonds is 7. The molecule has 0 radical (unpaired) electrons. The predicted octanol–water partition coefficient (Wildman–Crippen LogP) is 9.71. The lowest BCUT2D eigenvalue weighted by molar-refractivity contribution is 0.465. The fourth-order valence-electron chi connectivity index (χ4n) is 12.0. The highest BCUT2D eigenvalue weighted by Crippen LogP contribution is 2.37. The molecule has 0 N–H and O–H groups in total. The summed E-state index contributed by atoms with van der Waals surface area (Å²) >= 11 is 0. The Balaban J connectivity index is 1.03. The van der Waals surface area contributed by atoms with E-state index < -0.39 is 8.07 Å². The van der Waals surface area contributed by atoms with Crippen molar-refractivity contribution in [1.82, 2.24) is 24.1 Å². The fraction of sp³-hybridized carbons (Fsp3) is 0. The summed E-state index contributed by atoms with van der Waals surface area (Å²) in [4.78, 5) is 16.4. The molecule has 74 heavy (non-hydrogen) atoms. The molecule has 0 aliphatic carbocycles. The molecule has 5 heterocycles. The zero-order valence-corrected chi connectivity index (χ0v) is 40.6. The number of nitriles is 1. The van der Waals surface area contributed by atoms with Crippen molar-refractivity contribution in [1.29, 1.82) is 5.26 Å². The molecule has 0 bridgehead atoms. The van der Waals surface area contributed by atoms with Crippen molar-refractivity contribution in [2.24, 2.45) is 0 Å². The van der Waals surface area contributed by atoms with E-state index in [0.717, 1.165) is 104 Å². The molecule has 2 aliphatic heterocycles. The Morgan fingerprint density at radius 2 is 0.797 bits per heavy atom. The van der Waals surface area contributed by atoms with Crippen LogP contribution in [0.4, 0.5) is 0 Å². The second kappa shape index (κ2) is 16.4. The number of nitrogens with zero attached hydrogens (tertiary/aromatic N) is 6. The fourth-order valence-corrected chi connectivity index (χ4v) is 16.8. The maximum Gasteiger partial charge on any atom is 0.260 e. The lowest BCUT2D eigenvalue weighted by atomic mass is 9.35. The van der Waals surface area contributed by atoms with Gasteiger partial charge in [0.25, 0.3) is 6.71 Å². The first-order valence-electron chi connectivity index (χ1n) is 24.8. The minimum Gasteiger partial charge on any atom is -0.458 e. The second-order valence-corrected chi connectivity index (χ2v) is 22.8. The Morgan fingerprint density at radius 1 is 0.392 bits per heavy atom. The van der Waals surface area contributed by atoms with Crippen molar-refractivity contribution < 1.29 is 9.47 Å². The molecule has 3 aromatic heterocycles. The van der Waals surface area contributed by atoms with Crippen molar-refractivity contribution in [2.45, 2.75) is 0 Å². The number of fused-ring (bicyclic) bond motifs is 10. The molecule has 0 amide bonds.